The van der Waals surface area contributed by atoms with E-state index in [1.807, 2.05) is 41.3 Å². The highest BCUT2D eigenvalue weighted by atomic mass is 16.3. The van der Waals surface area contributed by atoms with E-state index in [1.54, 1.807) is 6.26 Å². The minimum atomic E-state index is 0.0732. The van der Waals surface area contributed by atoms with Gasteiger partial charge in [-0.05, 0) is 37.1 Å². The smallest absolute Gasteiger partial charge is 0.226 e. The Morgan fingerprint density at radius 3 is 2.80 bits per heavy atom. The van der Waals surface area contributed by atoms with E-state index in [2.05, 4.69) is 11.0 Å². The Kier molecular flexibility index (Phi) is 4.19. The van der Waals surface area contributed by atoms with Gasteiger partial charge in [-0.15, -0.1) is 0 Å². The number of rotatable bonds is 3. The van der Waals surface area contributed by atoms with Crippen LogP contribution in [0.15, 0.2) is 47.1 Å². The van der Waals surface area contributed by atoms with E-state index in [1.165, 1.54) is 0 Å². The van der Waals surface area contributed by atoms with E-state index in [0.29, 0.717) is 12.1 Å². The van der Waals surface area contributed by atoms with Gasteiger partial charge in [-0.3, -0.25) is 4.79 Å². The van der Waals surface area contributed by atoms with Gasteiger partial charge in [0.15, 0.2) is 0 Å². The highest BCUT2D eigenvalue weighted by molar-refractivity contribution is 5.83. The standard InChI is InChI=1S/C20H21N3O2/c21-14-15-5-1-2-6-18(15)22-8-4-9-23(11-10-22)20(24)17-13-16(17)19-7-3-12-25-19/h1-3,5-7,12,16-17H,4,8-11,13H2/t16-,17-/m1/s1. The summed E-state index contributed by atoms with van der Waals surface area (Å²) >= 11 is 0. The van der Waals surface area contributed by atoms with Gasteiger partial charge in [0.1, 0.15) is 11.8 Å². The van der Waals surface area contributed by atoms with Gasteiger partial charge < -0.3 is 14.2 Å². The Morgan fingerprint density at radius 1 is 1.12 bits per heavy atom. The van der Waals surface area contributed by atoms with E-state index in [4.69, 9.17) is 4.42 Å². The lowest BCUT2D eigenvalue weighted by Crippen LogP contribution is -2.36. The molecule has 1 aromatic heterocycles. The Morgan fingerprint density at radius 2 is 2.00 bits per heavy atom. The number of hydrogen-bond acceptors (Lipinski definition) is 4. The van der Waals surface area contributed by atoms with Crippen molar-refractivity contribution in [1.82, 2.24) is 4.90 Å². The van der Waals surface area contributed by atoms with Crippen LogP contribution >= 0.6 is 0 Å². The number of furan rings is 1. The summed E-state index contributed by atoms with van der Waals surface area (Å²) in [7, 11) is 0. The summed E-state index contributed by atoms with van der Waals surface area (Å²) in [5.41, 5.74) is 1.67. The fourth-order valence-electron chi connectivity index (χ4n) is 3.74. The second-order valence-corrected chi connectivity index (χ2v) is 6.76. The van der Waals surface area contributed by atoms with Crippen molar-refractivity contribution in [3.05, 3.63) is 54.0 Å². The molecule has 0 unspecified atom stereocenters. The lowest BCUT2D eigenvalue weighted by Gasteiger charge is -2.24. The van der Waals surface area contributed by atoms with Gasteiger partial charge in [-0.2, -0.15) is 5.26 Å². The van der Waals surface area contributed by atoms with Crippen molar-refractivity contribution in [1.29, 1.82) is 5.26 Å². The molecule has 2 heterocycles. The molecule has 0 spiro atoms. The van der Waals surface area contributed by atoms with Gasteiger partial charge in [0, 0.05) is 38.0 Å². The molecule has 5 nitrogen and oxygen atoms in total. The molecule has 0 radical (unpaired) electrons. The fourth-order valence-corrected chi connectivity index (χ4v) is 3.74. The van der Waals surface area contributed by atoms with E-state index in [0.717, 1.165) is 43.9 Å². The van der Waals surface area contributed by atoms with Crippen LogP contribution in [0.2, 0.25) is 0 Å². The van der Waals surface area contributed by atoms with Crippen LogP contribution < -0.4 is 4.90 Å². The molecule has 1 aromatic carbocycles. The number of nitriles is 1. The molecule has 2 aliphatic rings. The number of anilines is 1. The van der Waals surface area contributed by atoms with Crippen LogP contribution in [0.3, 0.4) is 0 Å². The molecular formula is C20H21N3O2. The summed E-state index contributed by atoms with van der Waals surface area (Å²) in [6, 6.07) is 13.8. The number of benzene rings is 1. The third-order valence-electron chi connectivity index (χ3n) is 5.19. The monoisotopic (exact) mass is 335 g/mol. The maximum Gasteiger partial charge on any atom is 0.226 e. The number of carbonyl (C=O) groups excluding carboxylic acids is 1. The number of hydrogen-bond donors (Lipinski definition) is 0. The fraction of sp³-hybridized carbons (Fsp3) is 0.400. The van der Waals surface area contributed by atoms with Crippen molar-refractivity contribution >= 4 is 11.6 Å². The molecule has 0 N–H and O–H groups in total. The Bertz CT molecular complexity index is 794. The zero-order valence-electron chi connectivity index (χ0n) is 14.1. The largest absolute Gasteiger partial charge is 0.469 e. The van der Waals surface area contributed by atoms with Crippen molar-refractivity contribution in [2.45, 2.75) is 18.8 Å². The molecule has 1 saturated heterocycles. The van der Waals surface area contributed by atoms with Crippen LogP contribution in [0.4, 0.5) is 5.69 Å². The Balaban J connectivity index is 1.40. The number of para-hydroxylation sites is 1. The van der Waals surface area contributed by atoms with Crippen LogP contribution in [-0.2, 0) is 4.79 Å². The molecule has 5 heteroatoms. The van der Waals surface area contributed by atoms with Crippen LogP contribution in [-0.4, -0.2) is 37.0 Å². The van der Waals surface area contributed by atoms with Crippen molar-refractivity contribution in [2.75, 3.05) is 31.1 Å². The van der Waals surface area contributed by atoms with Crippen molar-refractivity contribution < 1.29 is 9.21 Å². The van der Waals surface area contributed by atoms with Gasteiger partial charge >= 0.3 is 0 Å². The lowest BCUT2D eigenvalue weighted by molar-refractivity contribution is -0.132. The maximum atomic E-state index is 12.8. The molecule has 2 atom stereocenters. The minimum Gasteiger partial charge on any atom is -0.469 e. The molecule has 2 fully saturated rings. The molecule has 1 saturated carbocycles. The number of nitrogens with zero attached hydrogens (tertiary/aromatic N) is 3. The van der Waals surface area contributed by atoms with E-state index in [9.17, 15) is 10.1 Å². The van der Waals surface area contributed by atoms with Crippen LogP contribution in [0.25, 0.3) is 0 Å². The molecule has 4 rings (SSSR count). The van der Waals surface area contributed by atoms with Gasteiger partial charge in [0.25, 0.3) is 0 Å². The van der Waals surface area contributed by atoms with Gasteiger partial charge in [0.2, 0.25) is 5.91 Å². The van der Waals surface area contributed by atoms with E-state index in [-0.39, 0.29) is 17.7 Å². The molecule has 1 aliphatic carbocycles. The highest BCUT2D eigenvalue weighted by Crippen LogP contribution is 2.48. The normalized spacial score (nSPS) is 23.0. The predicted octanol–water partition coefficient (Wildman–Crippen LogP) is 2.99. The average molecular weight is 335 g/mol. The first-order valence-corrected chi connectivity index (χ1v) is 8.84. The molecule has 1 aliphatic heterocycles. The van der Waals surface area contributed by atoms with Crippen molar-refractivity contribution in [2.24, 2.45) is 5.92 Å². The minimum absolute atomic E-state index is 0.0732. The molecule has 1 amide bonds. The Labute approximate surface area is 147 Å². The topological polar surface area (TPSA) is 60.5 Å². The predicted molar refractivity (Wildman–Crippen MR) is 94.1 cm³/mol. The van der Waals surface area contributed by atoms with Gasteiger partial charge in [-0.1, -0.05) is 12.1 Å². The van der Waals surface area contributed by atoms with Crippen LogP contribution in [0, 0.1) is 17.2 Å². The van der Waals surface area contributed by atoms with Crippen molar-refractivity contribution in [3.63, 3.8) is 0 Å². The first-order valence-electron chi connectivity index (χ1n) is 8.84. The van der Waals surface area contributed by atoms with E-state index >= 15 is 0 Å². The second kappa shape index (κ2) is 6.64. The zero-order valence-corrected chi connectivity index (χ0v) is 14.1. The quantitative estimate of drug-likeness (QED) is 0.865. The molecular weight excluding hydrogens is 314 g/mol. The third kappa shape index (κ3) is 3.12. The zero-order chi connectivity index (χ0) is 17.2. The lowest BCUT2D eigenvalue weighted by atomic mass is 10.1. The van der Waals surface area contributed by atoms with Crippen LogP contribution in [0.5, 0.6) is 0 Å². The molecule has 25 heavy (non-hydrogen) atoms. The second-order valence-electron chi connectivity index (χ2n) is 6.76. The Hall–Kier alpha value is -2.74. The summed E-state index contributed by atoms with van der Waals surface area (Å²) in [6.45, 7) is 3.13. The SMILES string of the molecule is N#Cc1ccccc1N1CCCN(C(=O)[C@@H]2C[C@H]2c2ccco2)CC1. The first-order chi connectivity index (χ1) is 12.3. The molecule has 0 bridgehead atoms. The highest BCUT2D eigenvalue weighted by Gasteiger charge is 2.47. The summed E-state index contributed by atoms with van der Waals surface area (Å²) in [4.78, 5) is 17.0. The van der Waals surface area contributed by atoms with Crippen molar-refractivity contribution in [3.8, 4) is 6.07 Å². The summed E-state index contributed by atoms with van der Waals surface area (Å²) in [6.07, 6.45) is 3.49. The summed E-state index contributed by atoms with van der Waals surface area (Å²) < 4.78 is 5.44. The van der Waals surface area contributed by atoms with Gasteiger partial charge in [0.05, 0.1) is 17.5 Å². The number of carbonyl (C=O) groups is 1. The van der Waals surface area contributed by atoms with Crippen LogP contribution in [0.1, 0.15) is 30.1 Å². The maximum absolute atomic E-state index is 12.8. The summed E-state index contributed by atoms with van der Waals surface area (Å²) in [5, 5.41) is 9.31. The molecule has 2 aromatic rings. The number of amides is 1. The summed E-state index contributed by atoms with van der Waals surface area (Å²) in [5.74, 6) is 1.50. The average Bonchev–Trinajstić information content (AvgIpc) is 3.34. The first kappa shape index (κ1) is 15.8. The molecule has 128 valence electrons. The third-order valence-corrected chi connectivity index (χ3v) is 5.19. The van der Waals surface area contributed by atoms with Gasteiger partial charge in [-0.25, -0.2) is 0 Å². The van der Waals surface area contributed by atoms with E-state index < -0.39 is 0 Å².